The molecule has 118 valence electrons. The number of aromatic nitrogens is 1. The van der Waals surface area contributed by atoms with Crippen LogP contribution in [-0.4, -0.2) is 27.3 Å². The summed E-state index contributed by atoms with van der Waals surface area (Å²) in [7, 11) is 0. The Labute approximate surface area is 133 Å². The molecule has 6 heteroatoms. The van der Waals surface area contributed by atoms with Gasteiger partial charge in [0.05, 0.1) is 6.42 Å². The first-order valence-corrected chi connectivity index (χ1v) is 7.36. The molecule has 1 fully saturated rings. The van der Waals surface area contributed by atoms with E-state index in [-0.39, 0.29) is 6.42 Å². The van der Waals surface area contributed by atoms with Gasteiger partial charge in [-0.2, -0.15) is 5.01 Å². The molecule has 1 saturated heterocycles. The second kappa shape index (κ2) is 5.72. The van der Waals surface area contributed by atoms with E-state index >= 15 is 0 Å². The van der Waals surface area contributed by atoms with Crippen LogP contribution in [0.3, 0.4) is 0 Å². The highest BCUT2D eigenvalue weighted by atomic mass is 16.2. The zero-order valence-electron chi connectivity index (χ0n) is 12.9. The van der Waals surface area contributed by atoms with Crippen molar-refractivity contribution in [1.29, 1.82) is 0 Å². The number of hydrogen-bond donors (Lipinski definition) is 1. The molecule has 1 aliphatic rings. The molecule has 23 heavy (non-hydrogen) atoms. The maximum atomic E-state index is 12.6. The fourth-order valence-electron chi connectivity index (χ4n) is 2.86. The van der Waals surface area contributed by atoms with Crippen molar-refractivity contribution in [1.82, 2.24) is 15.0 Å². The summed E-state index contributed by atoms with van der Waals surface area (Å²) in [6.45, 7) is 3.77. The summed E-state index contributed by atoms with van der Waals surface area (Å²) in [5.41, 5.74) is 4.62. The first-order valence-electron chi connectivity index (χ1n) is 7.36. The molecule has 3 rings (SSSR count). The summed E-state index contributed by atoms with van der Waals surface area (Å²) in [5.74, 6) is -1.30. The van der Waals surface area contributed by atoms with Gasteiger partial charge in [0.1, 0.15) is 6.04 Å². The lowest BCUT2D eigenvalue weighted by atomic mass is 10.2. The highest BCUT2D eigenvalue weighted by Gasteiger charge is 2.41. The fourth-order valence-corrected chi connectivity index (χ4v) is 2.86. The number of hydrazine groups is 1. The number of rotatable bonds is 3. The SMILES string of the molecule is Cc1ccc(C)n1C1CC(=O)N(NC(=O)c2ccccc2)C1=O. The first kappa shape index (κ1) is 15.0. The molecule has 2 heterocycles. The van der Waals surface area contributed by atoms with E-state index in [4.69, 9.17) is 0 Å². The molecular weight excluding hydrogens is 294 g/mol. The smallest absolute Gasteiger partial charge is 0.271 e. The molecule has 1 N–H and O–H groups in total. The number of imide groups is 1. The maximum absolute atomic E-state index is 12.6. The van der Waals surface area contributed by atoms with Crippen molar-refractivity contribution in [2.75, 3.05) is 0 Å². The van der Waals surface area contributed by atoms with Crippen molar-refractivity contribution in [2.45, 2.75) is 26.3 Å². The second-order valence-electron chi connectivity index (χ2n) is 5.58. The van der Waals surface area contributed by atoms with Gasteiger partial charge in [0.15, 0.2) is 0 Å². The van der Waals surface area contributed by atoms with Gasteiger partial charge in [-0.25, -0.2) is 0 Å². The minimum Gasteiger partial charge on any atom is -0.336 e. The Hall–Kier alpha value is -2.89. The summed E-state index contributed by atoms with van der Waals surface area (Å²) in [6, 6.07) is 11.7. The molecule has 6 nitrogen and oxygen atoms in total. The van der Waals surface area contributed by atoms with E-state index in [0.717, 1.165) is 16.4 Å². The molecule has 0 spiro atoms. The lowest BCUT2D eigenvalue weighted by molar-refractivity contribution is -0.142. The Balaban J connectivity index is 1.81. The van der Waals surface area contributed by atoms with E-state index in [1.807, 2.05) is 30.5 Å². The van der Waals surface area contributed by atoms with Crippen molar-refractivity contribution >= 4 is 17.7 Å². The number of nitrogens with zero attached hydrogens (tertiary/aromatic N) is 2. The average molecular weight is 311 g/mol. The van der Waals surface area contributed by atoms with E-state index in [9.17, 15) is 14.4 Å². The van der Waals surface area contributed by atoms with Crippen LogP contribution in [0.4, 0.5) is 0 Å². The van der Waals surface area contributed by atoms with Crippen LogP contribution in [0.15, 0.2) is 42.5 Å². The molecule has 1 unspecified atom stereocenters. The summed E-state index contributed by atoms with van der Waals surface area (Å²) >= 11 is 0. The average Bonchev–Trinajstić information content (AvgIpc) is 3.01. The van der Waals surface area contributed by atoms with Crippen LogP contribution in [0, 0.1) is 13.8 Å². The molecule has 1 atom stereocenters. The predicted molar refractivity (Wildman–Crippen MR) is 83.3 cm³/mol. The highest BCUT2D eigenvalue weighted by molar-refractivity contribution is 6.07. The van der Waals surface area contributed by atoms with Gasteiger partial charge in [-0.15, -0.1) is 0 Å². The third-order valence-corrected chi connectivity index (χ3v) is 4.01. The van der Waals surface area contributed by atoms with Crippen LogP contribution in [-0.2, 0) is 9.59 Å². The van der Waals surface area contributed by atoms with Gasteiger partial charge in [-0.05, 0) is 38.1 Å². The van der Waals surface area contributed by atoms with Crippen LogP contribution >= 0.6 is 0 Å². The number of carbonyl (C=O) groups is 3. The van der Waals surface area contributed by atoms with E-state index in [1.165, 1.54) is 0 Å². The van der Waals surface area contributed by atoms with Crippen LogP contribution in [0.1, 0.15) is 34.2 Å². The Morgan fingerprint density at radius 3 is 2.26 bits per heavy atom. The number of amides is 3. The number of benzene rings is 1. The molecule has 1 aromatic heterocycles. The maximum Gasteiger partial charge on any atom is 0.271 e. The predicted octanol–water partition coefficient (Wildman–Crippen LogP) is 1.75. The molecule has 1 aliphatic heterocycles. The van der Waals surface area contributed by atoms with E-state index in [2.05, 4.69) is 5.43 Å². The molecule has 0 bridgehead atoms. The number of aryl methyl sites for hydroxylation is 2. The van der Waals surface area contributed by atoms with Crippen molar-refractivity contribution < 1.29 is 14.4 Å². The van der Waals surface area contributed by atoms with Gasteiger partial charge < -0.3 is 4.57 Å². The Bertz CT molecular complexity index is 760. The van der Waals surface area contributed by atoms with Gasteiger partial charge in [-0.1, -0.05) is 18.2 Å². The van der Waals surface area contributed by atoms with Crippen LogP contribution < -0.4 is 5.43 Å². The van der Waals surface area contributed by atoms with Crippen molar-refractivity contribution in [3.05, 3.63) is 59.4 Å². The quantitative estimate of drug-likeness (QED) is 0.878. The largest absolute Gasteiger partial charge is 0.336 e. The van der Waals surface area contributed by atoms with Gasteiger partial charge in [0.25, 0.3) is 17.7 Å². The second-order valence-corrected chi connectivity index (χ2v) is 5.58. The van der Waals surface area contributed by atoms with Gasteiger partial charge in [-0.3, -0.25) is 19.8 Å². The standard InChI is InChI=1S/C17H17N3O3/c1-11-8-9-12(2)19(11)14-10-15(21)20(17(14)23)18-16(22)13-6-4-3-5-7-13/h3-9,14H,10H2,1-2H3,(H,18,22). The summed E-state index contributed by atoms with van der Waals surface area (Å²) in [5, 5.41) is 0.832. The van der Waals surface area contributed by atoms with E-state index in [1.54, 1.807) is 30.3 Å². The van der Waals surface area contributed by atoms with Crippen molar-refractivity contribution in [2.24, 2.45) is 0 Å². The molecule has 1 aromatic carbocycles. The molecule has 0 saturated carbocycles. The summed E-state index contributed by atoms with van der Waals surface area (Å²) < 4.78 is 1.83. The molecule has 0 radical (unpaired) electrons. The minimum atomic E-state index is -0.603. The lowest BCUT2D eigenvalue weighted by Crippen LogP contribution is -2.46. The van der Waals surface area contributed by atoms with Gasteiger partial charge >= 0.3 is 0 Å². The number of hydrogen-bond acceptors (Lipinski definition) is 3. The van der Waals surface area contributed by atoms with Crippen molar-refractivity contribution in [3.63, 3.8) is 0 Å². The molecular formula is C17H17N3O3. The lowest BCUT2D eigenvalue weighted by Gasteiger charge is -2.18. The highest BCUT2D eigenvalue weighted by Crippen LogP contribution is 2.27. The topological polar surface area (TPSA) is 71.4 Å². The fraction of sp³-hybridized carbons (Fsp3) is 0.235. The van der Waals surface area contributed by atoms with Gasteiger partial charge in [0.2, 0.25) is 0 Å². The number of carbonyl (C=O) groups excluding carboxylic acids is 3. The molecule has 2 aromatic rings. The normalized spacial score (nSPS) is 17.7. The Morgan fingerprint density at radius 1 is 1.04 bits per heavy atom. The summed E-state index contributed by atoms with van der Waals surface area (Å²) in [6.07, 6.45) is 0.0459. The van der Waals surface area contributed by atoms with Gasteiger partial charge in [0, 0.05) is 17.0 Å². The third-order valence-electron chi connectivity index (χ3n) is 4.01. The van der Waals surface area contributed by atoms with Crippen LogP contribution in [0.5, 0.6) is 0 Å². The zero-order chi connectivity index (χ0) is 16.6. The Kier molecular flexibility index (Phi) is 3.73. The van der Waals surface area contributed by atoms with Crippen LogP contribution in [0.25, 0.3) is 0 Å². The third kappa shape index (κ3) is 2.63. The Morgan fingerprint density at radius 2 is 1.65 bits per heavy atom. The summed E-state index contributed by atoms with van der Waals surface area (Å²) in [4.78, 5) is 36.9. The zero-order valence-corrected chi connectivity index (χ0v) is 12.9. The minimum absolute atomic E-state index is 0.0459. The van der Waals surface area contributed by atoms with E-state index < -0.39 is 23.8 Å². The van der Waals surface area contributed by atoms with E-state index in [0.29, 0.717) is 5.56 Å². The molecule has 0 aliphatic carbocycles. The number of nitrogens with one attached hydrogen (secondary N) is 1. The monoisotopic (exact) mass is 311 g/mol. The molecule has 3 amide bonds. The first-order chi connectivity index (χ1) is 11.0. The van der Waals surface area contributed by atoms with Crippen molar-refractivity contribution in [3.8, 4) is 0 Å². The van der Waals surface area contributed by atoms with Crippen LogP contribution in [0.2, 0.25) is 0 Å².